The van der Waals surface area contributed by atoms with Crippen molar-refractivity contribution in [2.24, 2.45) is 0 Å². The molecule has 0 spiro atoms. The van der Waals surface area contributed by atoms with E-state index in [0.29, 0.717) is 10.2 Å². The molecule has 1 aromatic heterocycles. The van der Waals surface area contributed by atoms with Gasteiger partial charge in [-0.3, -0.25) is 4.79 Å². The molecule has 0 aliphatic rings. The van der Waals surface area contributed by atoms with Crippen LogP contribution >= 0.6 is 11.3 Å². The quantitative estimate of drug-likeness (QED) is 0.587. The monoisotopic (exact) mass is 453 g/mol. The van der Waals surface area contributed by atoms with Crippen LogP contribution in [-0.2, 0) is 24.7 Å². The number of fused-ring (bicyclic) bond motifs is 1. The Hall–Kier alpha value is -2.34. The molecule has 0 radical (unpaired) electrons. The molecule has 1 amide bonds. The average Bonchev–Trinajstić information content (AvgIpc) is 3.08. The Balaban J connectivity index is 1.71. The summed E-state index contributed by atoms with van der Waals surface area (Å²) in [4.78, 5) is 16.7. The summed E-state index contributed by atoms with van der Waals surface area (Å²) in [7, 11) is -4.24. The molecule has 11 heteroatoms. The second-order valence-electron chi connectivity index (χ2n) is 6.37. The van der Waals surface area contributed by atoms with E-state index in [1.54, 1.807) is 24.3 Å². The molecule has 0 atom stereocenters. The SMILES string of the molecule is CN(C)S(=O)(=O)c1ccc2nc(NC(=O)CCS(=O)(=O)c3ccccc3)sc2c1. The Bertz CT molecular complexity index is 1250. The molecule has 3 rings (SSSR count). The first-order valence-corrected chi connectivity index (χ1v) is 12.4. The van der Waals surface area contributed by atoms with E-state index in [2.05, 4.69) is 10.3 Å². The van der Waals surface area contributed by atoms with Gasteiger partial charge in [-0.05, 0) is 30.3 Å². The van der Waals surface area contributed by atoms with Gasteiger partial charge in [0.15, 0.2) is 15.0 Å². The number of thiazole rings is 1. The number of hydrogen-bond acceptors (Lipinski definition) is 7. The Labute approximate surface area is 173 Å². The molecule has 0 unspecified atom stereocenters. The van der Waals surface area contributed by atoms with Crippen LogP contribution in [0.25, 0.3) is 10.2 Å². The van der Waals surface area contributed by atoms with Crippen molar-refractivity contribution in [3.8, 4) is 0 Å². The minimum Gasteiger partial charge on any atom is -0.302 e. The third kappa shape index (κ3) is 4.81. The van der Waals surface area contributed by atoms with Crippen molar-refractivity contribution in [1.29, 1.82) is 0 Å². The topological polar surface area (TPSA) is 114 Å². The van der Waals surface area contributed by atoms with Gasteiger partial charge in [0, 0.05) is 20.5 Å². The summed E-state index contributed by atoms with van der Waals surface area (Å²) in [6.45, 7) is 0. The molecule has 0 aliphatic heterocycles. The average molecular weight is 454 g/mol. The fourth-order valence-corrected chi connectivity index (χ4v) is 5.67. The van der Waals surface area contributed by atoms with Crippen LogP contribution in [0, 0.1) is 0 Å². The number of sulfone groups is 1. The molecule has 0 aliphatic carbocycles. The molecule has 1 N–H and O–H groups in total. The van der Waals surface area contributed by atoms with Crippen LogP contribution in [0.4, 0.5) is 5.13 Å². The Kier molecular flexibility index (Phi) is 6.03. The highest BCUT2D eigenvalue weighted by molar-refractivity contribution is 7.91. The number of hydrogen-bond donors (Lipinski definition) is 1. The lowest BCUT2D eigenvalue weighted by Crippen LogP contribution is -2.22. The van der Waals surface area contributed by atoms with Crippen LogP contribution in [0.15, 0.2) is 58.3 Å². The van der Waals surface area contributed by atoms with E-state index in [1.165, 1.54) is 38.4 Å². The highest BCUT2D eigenvalue weighted by Crippen LogP contribution is 2.29. The van der Waals surface area contributed by atoms with Crippen LogP contribution in [0.2, 0.25) is 0 Å². The molecule has 154 valence electrons. The summed E-state index contributed by atoms with van der Waals surface area (Å²) < 4.78 is 50.7. The van der Waals surface area contributed by atoms with Crippen molar-refractivity contribution >= 4 is 52.5 Å². The number of carbonyl (C=O) groups excluding carboxylic acids is 1. The van der Waals surface area contributed by atoms with Gasteiger partial charge in [-0.25, -0.2) is 26.1 Å². The van der Waals surface area contributed by atoms with Gasteiger partial charge in [0.25, 0.3) is 0 Å². The molecule has 3 aromatic rings. The highest BCUT2D eigenvalue weighted by Gasteiger charge is 2.19. The standard InChI is InChI=1S/C18H19N3O5S3/c1-21(2)29(25,26)14-8-9-15-16(12-14)27-18(19-15)20-17(22)10-11-28(23,24)13-6-4-3-5-7-13/h3-9,12H,10-11H2,1-2H3,(H,19,20,22). The molecule has 0 saturated heterocycles. The van der Waals surface area contributed by atoms with E-state index in [1.807, 2.05) is 0 Å². The molecule has 0 saturated carbocycles. The van der Waals surface area contributed by atoms with Gasteiger partial charge in [0.1, 0.15) is 0 Å². The number of nitrogens with one attached hydrogen (secondary N) is 1. The summed E-state index contributed by atoms with van der Waals surface area (Å²) in [6.07, 6.45) is -0.215. The molecule has 1 heterocycles. The molecule has 29 heavy (non-hydrogen) atoms. The predicted octanol–water partition coefficient (Wildman–Crippen LogP) is 2.35. The van der Waals surface area contributed by atoms with Crippen LogP contribution in [0.5, 0.6) is 0 Å². The van der Waals surface area contributed by atoms with Crippen molar-refractivity contribution in [3.05, 3.63) is 48.5 Å². The third-order valence-electron chi connectivity index (χ3n) is 4.09. The number of benzene rings is 2. The Morgan fingerprint density at radius 3 is 2.38 bits per heavy atom. The van der Waals surface area contributed by atoms with Gasteiger partial charge in [-0.1, -0.05) is 29.5 Å². The van der Waals surface area contributed by atoms with Gasteiger partial charge >= 0.3 is 0 Å². The fraction of sp³-hybridized carbons (Fsp3) is 0.222. The third-order valence-corrected chi connectivity index (χ3v) is 8.56. The van der Waals surface area contributed by atoms with E-state index in [-0.39, 0.29) is 27.1 Å². The molecule has 2 aromatic carbocycles. The number of aromatic nitrogens is 1. The number of nitrogens with zero attached hydrogens (tertiary/aromatic N) is 2. The second kappa shape index (κ2) is 8.19. The molecular weight excluding hydrogens is 434 g/mol. The van der Waals surface area contributed by atoms with Crippen LogP contribution < -0.4 is 5.32 Å². The zero-order valence-electron chi connectivity index (χ0n) is 15.7. The van der Waals surface area contributed by atoms with Crippen molar-refractivity contribution in [2.75, 3.05) is 25.2 Å². The number of carbonyl (C=O) groups is 1. The van der Waals surface area contributed by atoms with Crippen molar-refractivity contribution in [1.82, 2.24) is 9.29 Å². The van der Waals surface area contributed by atoms with Crippen molar-refractivity contribution in [3.63, 3.8) is 0 Å². The minimum atomic E-state index is -3.58. The largest absolute Gasteiger partial charge is 0.302 e. The van der Waals surface area contributed by atoms with E-state index < -0.39 is 25.8 Å². The maximum Gasteiger partial charge on any atom is 0.242 e. The van der Waals surface area contributed by atoms with Gasteiger partial charge in [0.2, 0.25) is 15.9 Å². The Morgan fingerprint density at radius 1 is 1.03 bits per heavy atom. The number of sulfonamides is 1. The lowest BCUT2D eigenvalue weighted by atomic mass is 10.3. The summed E-state index contributed by atoms with van der Waals surface area (Å²) in [5.74, 6) is -0.802. The minimum absolute atomic E-state index is 0.130. The van der Waals surface area contributed by atoms with Crippen LogP contribution in [0.1, 0.15) is 6.42 Å². The van der Waals surface area contributed by atoms with Gasteiger partial charge < -0.3 is 5.32 Å². The molecular formula is C18H19N3O5S3. The smallest absolute Gasteiger partial charge is 0.242 e. The van der Waals surface area contributed by atoms with Crippen LogP contribution in [0.3, 0.4) is 0 Å². The van der Waals surface area contributed by atoms with Crippen LogP contribution in [-0.4, -0.2) is 51.9 Å². The van der Waals surface area contributed by atoms with E-state index in [0.717, 1.165) is 15.6 Å². The van der Waals surface area contributed by atoms with E-state index >= 15 is 0 Å². The molecule has 8 nitrogen and oxygen atoms in total. The first kappa shape index (κ1) is 21.4. The lowest BCUT2D eigenvalue weighted by Gasteiger charge is -2.10. The van der Waals surface area contributed by atoms with Crippen molar-refractivity contribution in [2.45, 2.75) is 16.2 Å². The number of anilines is 1. The molecule has 0 bridgehead atoms. The predicted molar refractivity (Wildman–Crippen MR) is 112 cm³/mol. The zero-order valence-corrected chi connectivity index (χ0v) is 18.1. The summed E-state index contributed by atoms with van der Waals surface area (Å²) >= 11 is 1.12. The number of rotatable bonds is 7. The van der Waals surface area contributed by atoms with Gasteiger partial charge in [0.05, 0.1) is 25.8 Å². The maximum atomic E-state index is 12.3. The first-order chi connectivity index (χ1) is 13.6. The highest BCUT2D eigenvalue weighted by atomic mass is 32.2. The summed E-state index contributed by atoms with van der Waals surface area (Å²) in [6, 6.07) is 12.5. The normalized spacial score (nSPS) is 12.4. The maximum absolute atomic E-state index is 12.3. The Morgan fingerprint density at radius 2 is 1.72 bits per heavy atom. The van der Waals surface area contributed by atoms with Gasteiger partial charge in [-0.15, -0.1) is 0 Å². The zero-order chi connectivity index (χ0) is 21.2. The molecule has 0 fully saturated rings. The van der Waals surface area contributed by atoms with Gasteiger partial charge in [-0.2, -0.15) is 0 Å². The van der Waals surface area contributed by atoms with E-state index in [9.17, 15) is 21.6 Å². The van der Waals surface area contributed by atoms with E-state index in [4.69, 9.17) is 0 Å². The second-order valence-corrected chi connectivity index (χ2v) is 11.7. The summed E-state index contributed by atoms with van der Waals surface area (Å²) in [5, 5.41) is 2.86. The fourth-order valence-electron chi connectivity index (χ4n) is 2.48. The first-order valence-electron chi connectivity index (χ1n) is 8.50. The number of amides is 1. The lowest BCUT2D eigenvalue weighted by molar-refractivity contribution is -0.115. The van der Waals surface area contributed by atoms with Crippen molar-refractivity contribution < 1.29 is 21.6 Å². The summed E-state index contributed by atoms with van der Waals surface area (Å²) in [5.41, 5.74) is 0.542.